The van der Waals surface area contributed by atoms with Crippen LogP contribution in [0.15, 0.2) is 35.2 Å². The number of sulfonamides is 1. The number of aromatic carboxylic acids is 1. The van der Waals surface area contributed by atoms with Crippen LogP contribution < -0.4 is 13.8 Å². The van der Waals surface area contributed by atoms with Gasteiger partial charge in [-0.3, -0.25) is 4.31 Å². The third-order valence-corrected chi connectivity index (χ3v) is 6.34. The molecule has 0 saturated carbocycles. The van der Waals surface area contributed by atoms with Crippen molar-refractivity contribution < 1.29 is 32.2 Å². The van der Waals surface area contributed by atoms with Crippen molar-refractivity contribution in [3.8, 4) is 11.5 Å². The number of hydrogen-bond donors (Lipinski definition) is 1. The van der Waals surface area contributed by atoms with Gasteiger partial charge in [0.2, 0.25) is 0 Å². The fraction of sp³-hybridized carbons (Fsp3) is 0.278. The predicted molar refractivity (Wildman–Crippen MR) is 93.6 cm³/mol. The first-order valence-electron chi connectivity index (χ1n) is 8.36. The summed E-state index contributed by atoms with van der Waals surface area (Å²) in [5, 5.41) is 9.44. The number of ether oxygens (including phenoxy) is 2. The van der Waals surface area contributed by atoms with Crippen LogP contribution in [0.2, 0.25) is 0 Å². The molecule has 1 N–H and O–H groups in total. The Labute approximate surface area is 155 Å². The smallest absolute Gasteiger partial charge is 0.339 e. The summed E-state index contributed by atoms with van der Waals surface area (Å²) in [7, 11) is -4.19. The van der Waals surface area contributed by atoms with E-state index in [1.807, 2.05) is 0 Å². The average Bonchev–Trinajstić information content (AvgIpc) is 2.66. The normalized spacial score (nSPS) is 16.0. The number of fused-ring (bicyclic) bond motifs is 2. The van der Waals surface area contributed by atoms with Gasteiger partial charge in [-0.25, -0.2) is 17.6 Å². The molecule has 0 unspecified atom stereocenters. The van der Waals surface area contributed by atoms with E-state index in [0.717, 1.165) is 10.4 Å². The number of para-hydroxylation sites is 1. The van der Waals surface area contributed by atoms with Crippen LogP contribution in [0.5, 0.6) is 11.5 Å². The molecular weight excluding hydrogens is 377 g/mol. The van der Waals surface area contributed by atoms with Gasteiger partial charge in [0.05, 0.1) is 10.6 Å². The summed E-state index contributed by atoms with van der Waals surface area (Å²) >= 11 is 0. The zero-order chi connectivity index (χ0) is 19.2. The van der Waals surface area contributed by atoms with Crippen molar-refractivity contribution in [3.63, 3.8) is 0 Å². The topological polar surface area (TPSA) is 93.1 Å². The van der Waals surface area contributed by atoms with Crippen molar-refractivity contribution in [3.05, 3.63) is 47.3 Å². The second-order valence-corrected chi connectivity index (χ2v) is 8.09. The summed E-state index contributed by atoms with van der Waals surface area (Å²) in [5.41, 5.74) is 0.299. The molecule has 7 nitrogen and oxygen atoms in total. The Kier molecular flexibility index (Phi) is 4.18. The Hall–Kier alpha value is -2.81. The van der Waals surface area contributed by atoms with E-state index in [1.54, 1.807) is 6.07 Å². The summed E-state index contributed by atoms with van der Waals surface area (Å²) in [6.07, 6.45) is 1.10. The highest BCUT2D eigenvalue weighted by atomic mass is 32.2. The Morgan fingerprint density at radius 1 is 1.19 bits per heavy atom. The molecule has 27 heavy (non-hydrogen) atoms. The molecule has 0 bridgehead atoms. The van der Waals surface area contributed by atoms with Gasteiger partial charge in [-0.05, 0) is 30.5 Å². The number of halogens is 1. The molecule has 9 heteroatoms. The molecule has 0 radical (unpaired) electrons. The van der Waals surface area contributed by atoms with Gasteiger partial charge in [0.25, 0.3) is 10.0 Å². The number of benzene rings is 2. The molecule has 0 fully saturated rings. The lowest BCUT2D eigenvalue weighted by atomic mass is 10.0. The number of rotatable bonds is 3. The lowest BCUT2D eigenvalue weighted by Gasteiger charge is -2.31. The third kappa shape index (κ3) is 2.87. The van der Waals surface area contributed by atoms with Crippen molar-refractivity contribution >= 4 is 21.7 Å². The largest absolute Gasteiger partial charge is 0.486 e. The molecule has 0 amide bonds. The summed E-state index contributed by atoms with van der Waals surface area (Å²) < 4.78 is 52.6. The summed E-state index contributed by atoms with van der Waals surface area (Å²) in [4.78, 5) is 11.3. The number of anilines is 1. The maximum Gasteiger partial charge on any atom is 0.339 e. The maximum absolute atomic E-state index is 14.4. The highest BCUT2D eigenvalue weighted by molar-refractivity contribution is 7.92. The number of nitrogens with zero attached hydrogens (tertiary/aromatic N) is 1. The Balaban J connectivity index is 1.87. The first-order valence-corrected chi connectivity index (χ1v) is 9.80. The van der Waals surface area contributed by atoms with Crippen LogP contribution in [0.4, 0.5) is 10.1 Å². The van der Waals surface area contributed by atoms with Gasteiger partial charge in [0.1, 0.15) is 24.6 Å². The fourth-order valence-corrected chi connectivity index (χ4v) is 4.96. The van der Waals surface area contributed by atoms with Gasteiger partial charge in [0, 0.05) is 12.6 Å². The number of carboxylic acids is 1. The molecule has 0 aromatic heterocycles. The summed E-state index contributed by atoms with van der Waals surface area (Å²) in [5.74, 6) is -1.92. The molecule has 2 aliphatic heterocycles. The number of carbonyl (C=O) groups is 1. The molecule has 0 saturated heterocycles. The van der Waals surface area contributed by atoms with Gasteiger partial charge in [-0.1, -0.05) is 12.1 Å². The van der Waals surface area contributed by atoms with Crippen LogP contribution >= 0.6 is 0 Å². The molecule has 142 valence electrons. The van der Waals surface area contributed by atoms with E-state index in [4.69, 9.17) is 9.47 Å². The summed E-state index contributed by atoms with van der Waals surface area (Å²) in [6, 6.07) is 6.69. The van der Waals surface area contributed by atoms with Crippen LogP contribution in [0.1, 0.15) is 22.3 Å². The van der Waals surface area contributed by atoms with E-state index >= 15 is 0 Å². The highest BCUT2D eigenvalue weighted by Gasteiger charge is 2.34. The van der Waals surface area contributed by atoms with Gasteiger partial charge in [-0.2, -0.15) is 0 Å². The van der Waals surface area contributed by atoms with E-state index < -0.39 is 21.8 Å². The lowest BCUT2D eigenvalue weighted by Crippen LogP contribution is -2.36. The SMILES string of the molecule is O=C(O)c1cc(S(=O)(=O)N2CCCc3cccc(F)c32)cc2c1OCCO2. The fourth-order valence-electron chi connectivity index (χ4n) is 3.37. The van der Waals surface area contributed by atoms with Crippen LogP contribution in [-0.2, 0) is 16.4 Å². The molecule has 0 atom stereocenters. The second-order valence-electron chi connectivity index (χ2n) is 6.23. The molecule has 2 aliphatic rings. The van der Waals surface area contributed by atoms with Gasteiger partial charge < -0.3 is 14.6 Å². The molecule has 2 aromatic rings. The number of carboxylic acid groups (broad SMARTS) is 1. The van der Waals surface area contributed by atoms with Crippen molar-refractivity contribution in [1.82, 2.24) is 0 Å². The minimum absolute atomic E-state index is 0.00192. The zero-order valence-electron chi connectivity index (χ0n) is 14.1. The van der Waals surface area contributed by atoms with Crippen LogP contribution in [0, 0.1) is 5.82 Å². The predicted octanol–water partition coefficient (Wildman–Crippen LogP) is 2.44. The second kappa shape index (κ2) is 6.41. The molecule has 2 heterocycles. The van der Waals surface area contributed by atoms with Gasteiger partial charge in [-0.15, -0.1) is 0 Å². The van der Waals surface area contributed by atoms with E-state index in [2.05, 4.69) is 0 Å². The number of hydrogen-bond acceptors (Lipinski definition) is 5. The van der Waals surface area contributed by atoms with Crippen LogP contribution in [-0.4, -0.2) is 39.3 Å². The maximum atomic E-state index is 14.4. The molecule has 0 aliphatic carbocycles. The monoisotopic (exact) mass is 393 g/mol. The van der Waals surface area contributed by atoms with Crippen molar-refractivity contribution in [2.75, 3.05) is 24.1 Å². The Bertz CT molecular complexity index is 1040. The first kappa shape index (κ1) is 17.6. The minimum atomic E-state index is -4.19. The van der Waals surface area contributed by atoms with E-state index in [9.17, 15) is 22.7 Å². The van der Waals surface area contributed by atoms with E-state index in [0.29, 0.717) is 18.4 Å². The average molecular weight is 393 g/mol. The van der Waals surface area contributed by atoms with E-state index in [1.165, 1.54) is 18.2 Å². The Morgan fingerprint density at radius 2 is 1.96 bits per heavy atom. The molecular formula is C18H16FNO6S. The van der Waals surface area contributed by atoms with Gasteiger partial charge >= 0.3 is 5.97 Å². The first-order chi connectivity index (χ1) is 12.9. The molecule has 2 aromatic carbocycles. The zero-order valence-corrected chi connectivity index (χ0v) is 15.0. The van der Waals surface area contributed by atoms with Gasteiger partial charge in [0.15, 0.2) is 11.5 Å². The number of aryl methyl sites for hydroxylation is 1. The van der Waals surface area contributed by atoms with Crippen LogP contribution in [0.25, 0.3) is 0 Å². The Morgan fingerprint density at radius 3 is 2.74 bits per heavy atom. The van der Waals surface area contributed by atoms with E-state index in [-0.39, 0.29) is 47.4 Å². The van der Waals surface area contributed by atoms with Crippen molar-refractivity contribution in [2.45, 2.75) is 17.7 Å². The minimum Gasteiger partial charge on any atom is -0.486 e. The van der Waals surface area contributed by atoms with Crippen molar-refractivity contribution in [2.24, 2.45) is 0 Å². The van der Waals surface area contributed by atoms with Crippen LogP contribution in [0.3, 0.4) is 0 Å². The molecule has 0 spiro atoms. The summed E-state index contributed by atoms with van der Waals surface area (Å²) in [6.45, 7) is 0.452. The lowest BCUT2D eigenvalue weighted by molar-refractivity contribution is 0.0685. The highest BCUT2D eigenvalue weighted by Crippen LogP contribution is 2.39. The third-order valence-electron chi connectivity index (χ3n) is 4.56. The van der Waals surface area contributed by atoms with Crippen molar-refractivity contribution in [1.29, 1.82) is 0 Å². The standard InChI is InChI=1S/C18H16FNO6S/c19-14-5-1-3-11-4-2-6-20(16(11)14)27(23,24)12-9-13(18(21)22)17-15(10-12)25-7-8-26-17/h1,3,5,9-10H,2,4,6-8H2,(H,21,22). The quantitative estimate of drug-likeness (QED) is 0.861. The molecule has 4 rings (SSSR count).